The molecule has 1 aromatic carbocycles. The number of halogens is 4. The minimum Gasteiger partial charge on any atom is -0.337 e. The molecule has 98 valence electrons. The minimum absolute atomic E-state index is 0.121. The lowest BCUT2D eigenvalue weighted by Crippen LogP contribution is -2.55. The zero-order chi connectivity index (χ0) is 13.4. The summed E-state index contributed by atoms with van der Waals surface area (Å²) in [7, 11) is 0. The summed E-state index contributed by atoms with van der Waals surface area (Å²) in [5, 5.41) is 2.04. The first-order chi connectivity index (χ1) is 8.40. The molecule has 0 saturated carbocycles. The van der Waals surface area contributed by atoms with E-state index in [1.807, 2.05) is 5.32 Å². The van der Waals surface area contributed by atoms with Crippen molar-refractivity contribution in [3.05, 3.63) is 35.4 Å². The number of amides is 1. The van der Waals surface area contributed by atoms with Crippen LogP contribution < -0.4 is 5.32 Å². The van der Waals surface area contributed by atoms with Gasteiger partial charge in [-0.15, -0.1) is 11.6 Å². The molecule has 18 heavy (non-hydrogen) atoms. The lowest BCUT2D eigenvalue weighted by atomic mass is 9.91. The summed E-state index contributed by atoms with van der Waals surface area (Å²) in [6.07, 6.45) is -4.43. The molecule has 6 heteroatoms. The second-order valence-electron chi connectivity index (χ2n) is 4.24. The molecular formula is C12H11ClF3NO. The maximum Gasteiger partial charge on any atom is 0.415 e. The smallest absolute Gasteiger partial charge is 0.337 e. The molecule has 0 radical (unpaired) electrons. The molecule has 2 rings (SSSR count). The Morgan fingerprint density at radius 1 is 1.39 bits per heavy atom. The van der Waals surface area contributed by atoms with Gasteiger partial charge in [0, 0.05) is 0 Å². The minimum atomic E-state index is -4.54. The van der Waals surface area contributed by atoms with Gasteiger partial charge in [0.25, 0.3) is 0 Å². The number of aryl methyl sites for hydroxylation is 1. The van der Waals surface area contributed by atoms with Gasteiger partial charge in [-0.2, -0.15) is 13.2 Å². The fraction of sp³-hybridized carbons (Fsp3) is 0.417. The summed E-state index contributed by atoms with van der Waals surface area (Å²) in [5.74, 6) is -1.30. The summed E-state index contributed by atoms with van der Waals surface area (Å²) < 4.78 is 40.0. The molecule has 1 amide bonds. The second kappa shape index (κ2) is 4.46. The molecule has 0 fully saturated rings. The molecule has 0 spiro atoms. The molecule has 0 bridgehead atoms. The predicted molar refractivity (Wildman–Crippen MR) is 61.4 cm³/mol. The summed E-state index contributed by atoms with van der Waals surface area (Å²) in [6, 6.07) is 6.28. The predicted octanol–water partition coefficient (Wildman–Crippen LogP) is 2.75. The molecule has 0 aliphatic heterocycles. The third kappa shape index (κ3) is 1.96. The first-order valence-electron chi connectivity index (χ1n) is 5.43. The highest BCUT2D eigenvalue weighted by atomic mass is 35.5. The van der Waals surface area contributed by atoms with Gasteiger partial charge in [-0.25, -0.2) is 0 Å². The van der Waals surface area contributed by atoms with Crippen molar-refractivity contribution in [1.82, 2.24) is 5.32 Å². The Labute approximate surface area is 107 Å². The second-order valence-corrected chi connectivity index (χ2v) is 4.51. The van der Waals surface area contributed by atoms with E-state index in [4.69, 9.17) is 11.6 Å². The molecule has 0 heterocycles. The number of hydrogen-bond donors (Lipinski definition) is 1. The van der Waals surface area contributed by atoms with Crippen LogP contribution >= 0.6 is 11.6 Å². The number of benzene rings is 1. The Bertz CT molecular complexity index is 475. The van der Waals surface area contributed by atoms with Gasteiger partial charge in [0.05, 0.1) is 0 Å². The molecular weight excluding hydrogens is 267 g/mol. The van der Waals surface area contributed by atoms with Gasteiger partial charge in [0.15, 0.2) is 5.54 Å². The highest BCUT2D eigenvalue weighted by Gasteiger charge is 2.59. The number of alkyl halides is 4. The van der Waals surface area contributed by atoms with Gasteiger partial charge in [-0.3, -0.25) is 4.79 Å². The lowest BCUT2D eigenvalue weighted by molar-refractivity contribution is -0.201. The first-order valence-corrected chi connectivity index (χ1v) is 5.96. The van der Waals surface area contributed by atoms with Crippen molar-refractivity contribution < 1.29 is 18.0 Å². The summed E-state index contributed by atoms with van der Waals surface area (Å²) >= 11 is 5.29. The molecule has 0 saturated heterocycles. The van der Waals surface area contributed by atoms with E-state index in [1.165, 1.54) is 12.1 Å². The van der Waals surface area contributed by atoms with Gasteiger partial charge in [0.2, 0.25) is 5.91 Å². The van der Waals surface area contributed by atoms with Crippen LogP contribution in [-0.4, -0.2) is 18.0 Å². The largest absolute Gasteiger partial charge is 0.415 e. The van der Waals surface area contributed by atoms with E-state index in [1.54, 1.807) is 12.1 Å². The molecule has 2 nitrogen and oxygen atoms in total. The Hall–Kier alpha value is -1.23. The quantitative estimate of drug-likeness (QED) is 0.828. The molecule has 1 atom stereocenters. The van der Waals surface area contributed by atoms with Crippen molar-refractivity contribution in [2.24, 2.45) is 0 Å². The van der Waals surface area contributed by atoms with Crippen molar-refractivity contribution in [2.75, 3.05) is 5.88 Å². The highest BCUT2D eigenvalue weighted by Crippen LogP contribution is 2.47. The van der Waals surface area contributed by atoms with Crippen LogP contribution in [0.15, 0.2) is 24.3 Å². The topological polar surface area (TPSA) is 29.1 Å². The Morgan fingerprint density at radius 2 is 2.06 bits per heavy atom. The number of hydrogen-bond acceptors (Lipinski definition) is 1. The molecule has 0 aromatic heterocycles. The summed E-state index contributed by atoms with van der Waals surface area (Å²) in [5.41, 5.74) is -1.56. The standard InChI is InChI=1S/C12H11ClF3NO/c13-7-10(18)17-11(12(14,15)16)6-5-8-3-1-2-4-9(8)11/h1-4H,5-7H2,(H,17,18). The lowest BCUT2D eigenvalue weighted by Gasteiger charge is -2.33. The van der Waals surface area contributed by atoms with Crippen molar-refractivity contribution in [1.29, 1.82) is 0 Å². The van der Waals surface area contributed by atoms with Crippen molar-refractivity contribution in [2.45, 2.75) is 24.6 Å². The number of fused-ring (bicyclic) bond motifs is 1. The molecule has 1 aliphatic rings. The number of carbonyl (C=O) groups excluding carboxylic acids is 1. The van der Waals surface area contributed by atoms with Crippen LogP contribution in [0.2, 0.25) is 0 Å². The van der Waals surface area contributed by atoms with Gasteiger partial charge >= 0.3 is 6.18 Å². The Kier molecular flexibility index (Phi) is 3.27. The van der Waals surface area contributed by atoms with E-state index < -0.39 is 23.5 Å². The number of carbonyl (C=O) groups is 1. The monoisotopic (exact) mass is 277 g/mol. The van der Waals surface area contributed by atoms with Crippen LogP contribution in [0.4, 0.5) is 13.2 Å². The van der Waals surface area contributed by atoms with Crippen LogP contribution in [-0.2, 0) is 16.8 Å². The zero-order valence-corrected chi connectivity index (χ0v) is 10.1. The third-order valence-electron chi connectivity index (χ3n) is 3.20. The summed E-state index contributed by atoms with van der Waals surface area (Å²) in [4.78, 5) is 11.3. The van der Waals surface area contributed by atoms with Gasteiger partial charge < -0.3 is 5.32 Å². The van der Waals surface area contributed by atoms with E-state index >= 15 is 0 Å². The summed E-state index contributed by atoms with van der Waals surface area (Å²) in [6.45, 7) is 0. The van der Waals surface area contributed by atoms with Crippen molar-refractivity contribution in [3.63, 3.8) is 0 Å². The van der Waals surface area contributed by atoms with Gasteiger partial charge in [-0.05, 0) is 24.0 Å². The normalized spacial score (nSPS) is 22.7. The molecule has 1 unspecified atom stereocenters. The van der Waals surface area contributed by atoms with Crippen molar-refractivity contribution in [3.8, 4) is 0 Å². The van der Waals surface area contributed by atoms with E-state index in [9.17, 15) is 18.0 Å². The van der Waals surface area contributed by atoms with Crippen LogP contribution in [0.5, 0.6) is 0 Å². The number of rotatable bonds is 2. The van der Waals surface area contributed by atoms with E-state index in [0.29, 0.717) is 5.56 Å². The van der Waals surface area contributed by atoms with Crippen LogP contribution in [0, 0.1) is 0 Å². The van der Waals surface area contributed by atoms with Gasteiger partial charge in [0.1, 0.15) is 5.88 Å². The van der Waals surface area contributed by atoms with E-state index in [-0.39, 0.29) is 18.4 Å². The average molecular weight is 278 g/mol. The van der Waals surface area contributed by atoms with Crippen LogP contribution in [0.25, 0.3) is 0 Å². The van der Waals surface area contributed by atoms with Crippen molar-refractivity contribution >= 4 is 17.5 Å². The third-order valence-corrected chi connectivity index (χ3v) is 3.45. The molecule has 1 N–H and O–H groups in total. The fourth-order valence-corrected chi connectivity index (χ4v) is 2.44. The number of nitrogens with one attached hydrogen (secondary N) is 1. The van der Waals surface area contributed by atoms with Crippen LogP contribution in [0.1, 0.15) is 17.5 Å². The molecule has 1 aromatic rings. The van der Waals surface area contributed by atoms with E-state index in [2.05, 4.69) is 0 Å². The first kappa shape index (κ1) is 13.2. The van der Waals surface area contributed by atoms with Gasteiger partial charge in [-0.1, -0.05) is 24.3 Å². The fourth-order valence-electron chi connectivity index (χ4n) is 2.38. The maximum atomic E-state index is 13.3. The Balaban J connectivity index is 2.49. The van der Waals surface area contributed by atoms with Crippen LogP contribution in [0.3, 0.4) is 0 Å². The molecule has 1 aliphatic carbocycles. The Morgan fingerprint density at radius 3 is 2.67 bits per heavy atom. The average Bonchev–Trinajstić information content (AvgIpc) is 2.69. The maximum absolute atomic E-state index is 13.3. The highest BCUT2D eigenvalue weighted by molar-refractivity contribution is 6.27. The zero-order valence-electron chi connectivity index (χ0n) is 9.35. The SMILES string of the molecule is O=C(CCl)NC1(C(F)(F)F)CCc2ccccc21. The van der Waals surface area contributed by atoms with E-state index in [0.717, 1.165) is 0 Å².